The Morgan fingerprint density at radius 2 is 1.68 bits per heavy atom. The van der Waals surface area contributed by atoms with Gasteiger partial charge >= 0.3 is 0 Å². The lowest BCUT2D eigenvalue weighted by Crippen LogP contribution is -2.46. The Morgan fingerprint density at radius 3 is 2.40 bits per heavy atom. The van der Waals surface area contributed by atoms with Crippen molar-refractivity contribution in [2.24, 2.45) is 0 Å². The number of halogens is 1. The summed E-state index contributed by atoms with van der Waals surface area (Å²) in [5, 5.41) is 18.6. The number of hydrogen-bond acceptors (Lipinski definition) is 7. The third kappa shape index (κ3) is 3.74. The molecule has 3 heterocycles. The van der Waals surface area contributed by atoms with Gasteiger partial charge < -0.3 is 9.80 Å². The predicted molar refractivity (Wildman–Crippen MR) is 95.6 cm³/mol. The van der Waals surface area contributed by atoms with E-state index in [0.29, 0.717) is 6.42 Å². The van der Waals surface area contributed by atoms with Gasteiger partial charge in [0, 0.05) is 38.8 Å². The van der Waals surface area contributed by atoms with Crippen LogP contribution >= 0.6 is 11.3 Å². The highest BCUT2D eigenvalue weighted by molar-refractivity contribution is 7.15. The summed E-state index contributed by atoms with van der Waals surface area (Å²) in [6, 6.07) is 10.4. The summed E-state index contributed by atoms with van der Waals surface area (Å²) in [7, 11) is 0. The van der Waals surface area contributed by atoms with E-state index in [9.17, 15) is 4.39 Å². The SMILES string of the molecule is Fc1ccc(Cc2nnc(N3CCN(c4cccnn4)CC3)s2)cc1. The Hall–Kier alpha value is -2.61. The monoisotopic (exact) mass is 356 g/mol. The maximum Gasteiger partial charge on any atom is 0.208 e. The first-order valence-corrected chi connectivity index (χ1v) is 8.94. The van der Waals surface area contributed by atoms with E-state index < -0.39 is 0 Å². The second kappa shape index (κ2) is 7.10. The maximum absolute atomic E-state index is 13.0. The van der Waals surface area contributed by atoms with Gasteiger partial charge in [-0.15, -0.1) is 15.3 Å². The molecule has 2 aromatic heterocycles. The fourth-order valence-corrected chi connectivity index (χ4v) is 3.73. The average Bonchev–Trinajstić information content (AvgIpc) is 3.13. The maximum atomic E-state index is 13.0. The van der Waals surface area contributed by atoms with Gasteiger partial charge in [-0.1, -0.05) is 23.5 Å². The molecule has 25 heavy (non-hydrogen) atoms. The summed E-state index contributed by atoms with van der Waals surface area (Å²) in [6.07, 6.45) is 2.36. The third-order valence-electron chi connectivity index (χ3n) is 4.16. The van der Waals surface area contributed by atoms with Crippen molar-refractivity contribution >= 4 is 22.3 Å². The summed E-state index contributed by atoms with van der Waals surface area (Å²) in [5.74, 6) is 0.694. The van der Waals surface area contributed by atoms with Crippen LogP contribution < -0.4 is 9.80 Å². The van der Waals surface area contributed by atoms with E-state index in [2.05, 4.69) is 30.2 Å². The van der Waals surface area contributed by atoms with Gasteiger partial charge in [0.15, 0.2) is 5.82 Å². The first-order chi connectivity index (χ1) is 12.3. The van der Waals surface area contributed by atoms with Crippen molar-refractivity contribution in [3.05, 3.63) is 59.0 Å². The fourth-order valence-electron chi connectivity index (χ4n) is 2.81. The molecule has 0 aliphatic carbocycles. The van der Waals surface area contributed by atoms with Crippen molar-refractivity contribution < 1.29 is 4.39 Å². The molecule has 128 valence electrons. The minimum absolute atomic E-state index is 0.220. The second-order valence-electron chi connectivity index (χ2n) is 5.84. The standard InChI is InChI=1S/C17H17FN6S/c18-14-5-3-13(4-6-14)12-16-21-22-17(25-16)24-10-8-23(9-11-24)15-2-1-7-19-20-15/h1-7H,8-12H2. The Labute approximate surface area is 149 Å². The molecule has 0 atom stereocenters. The van der Waals surface area contributed by atoms with E-state index in [1.54, 1.807) is 29.7 Å². The van der Waals surface area contributed by atoms with Crippen LogP contribution in [0.25, 0.3) is 0 Å². The summed E-state index contributed by atoms with van der Waals surface area (Å²) in [4.78, 5) is 4.47. The summed E-state index contributed by atoms with van der Waals surface area (Å²) < 4.78 is 13.0. The van der Waals surface area contributed by atoms with Gasteiger partial charge in [-0.25, -0.2) is 4.39 Å². The van der Waals surface area contributed by atoms with Gasteiger partial charge in [0.1, 0.15) is 10.8 Å². The number of benzene rings is 1. The first-order valence-electron chi connectivity index (χ1n) is 8.12. The molecule has 1 saturated heterocycles. The quantitative estimate of drug-likeness (QED) is 0.715. The highest BCUT2D eigenvalue weighted by Gasteiger charge is 2.21. The molecule has 0 spiro atoms. The molecule has 8 heteroatoms. The zero-order chi connectivity index (χ0) is 17.1. The van der Waals surface area contributed by atoms with Gasteiger partial charge in [-0.2, -0.15) is 5.10 Å². The molecule has 0 radical (unpaired) electrons. The van der Waals surface area contributed by atoms with E-state index in [-0.39, 0.29) is 5.82 Å². The van der Waals surface area contributed by atoms with Gasteiger partial charge in [0.05, 0.1) is 0 Å². The first kappa shape index (κ1) is 15.9. The Morgan fingerprint density at radius 1 is 0.920 bits per heavy atom. The summed E-state index contributed by atoms with van der Waals surface area (Å²) in [5.41, 5.74) is 1.04. The molecule has 1 fully saturated rings. The van der Waals surface area contributed by atoms with Gasteiger partial charge in [0.2, 0.25) is 5.13 Å². The molecule has 0 saturated carbocycles. The molecule has 3 aromatic rings. The van der Waals surface area contributed by atoms with Crippen LogP contribution in [0.1, 0.15) is 10.6 Å². The van der Waals surface area contributed by atoms with Crippen LogP contribution in [0.15, 0.2) is 42.6 Å². The van der Waals surface area contributed by atoms with Crippen LogP contribution in [0.3, 0.4) is 0 Å². The molecule has 0 amide bonds. The number of rotatable bonds is 4. The van der Waals surface area contributed by atoms with Crippen molar-refractivity contribution in [1.82, 2.24) is 20.4 Å². The Balaban J connectivity index is 1.37. The molecule has 1 aliphatic rings. The smallest absolute Gasteiger partial charge is 0.208 e. The lowest BCUT2D eigenvalue weighted by Gasteiger charge is -2.34. The number of piperazine rings is 1. The van der Waals surface area contributed by atoms with Crippen molar-refractivity contribution in [3.8, 4) is 0 Å². The van der Waals surface area contributed by atoms with E-state index in [0.717, 1.165) is 47.7 Å². The molecule has 4 rings (SSSR count). The molecule has 1 aliphatic heterocycles. The molecule has 1 aromatic carbocycles. The van der Waals surface area contributed by atoms with Crippen LogP contribution in [0.2, 0.25) is 0 Å². The molecule has 6 nitrogen and oxygen atoms in total. The van der Waals surface area contributed by atoms with Crippen molar-refractivity contribution in [3.63, 3.8) is 0 Å². The van der Waals surface area contributed by atoms with Gasteiger partial charge in [-0.05, 0) is 29.8 Å². The van der Waals surface area contributed by atoms with Crippen LogP contribution in [0.4, 0.5) is 15.3 Å². The van der Waals surface area contributed by atoms with E-state index in [4.69, 9.17) is 0 Å². The van der Waals surface area contributed by atoms with Crippen LogP contribution in [-0.4, -0.2) is 46.6 Å². The zero-order valence-corrected chi connectivity index (χ0v) is 14.4. The lowest BCUT2D eigenvalue weighted by molar-refractivity contribution is 0.627. The number of nitrogens with zero attached hydrogens (tertiary/aromatic N) is 6. The average molecular weight is 356 g/mol. The minimum Gasteiger partial charge on any atom is -0.352 e. The number of hydrogen-bond donors (Lipinski definition) is 0. The normalized spacial score (nSPS) is 14.8. The largest absolute Gasteiger partial charge is 0.352 e. The van der Waals surface area contributed by atoms with Gasteiger partial charge in [-0.3, -0.25) is 0 Å². The number of aromatic nitrogens is 4. The van der Waals surface area contributed by atoms with Crippen LogP contribution in [0.5, 0.6) is 0 Å². The Kier molecular flexibility index (Phi) is 4.51. The van der Waals surface area contributed by atoms with Crippen molar-refractivity contribution in [2.45, 2.75) is 6.42 Å². The minimum atomic E-state index is -0.220. The topological polar surface area (TPSA) is 58.0 Å². The zero-order valence-electron chi connectivity index (χ0n) is 13.5. The van der Waals surface area contributed by atoms with Crippen molar-refractivity contribution in [1.29, 1.82) is 0 Å². The highest BCUT2D eigenvalue weighted by atomic mass is 32.1. The summed E-state index contributed by atoms with van der Waals surface area (Å²) >= 11 is 1.60. The molecule has 0 unspecified atom stereocenters. The third-order valence-corrected chi connectivity index (χ3v) is 5.14. The second-order valence-corrected chi connectivity index (χ2v) is 6.88. The predicted octanol–water partition coefficient (Wildman–Crippen LogP) is 2.38. The van der Waals surface area contributed by atoms with Crippen molar-refractivity contribution in [2.75, 3.05) is 36.0 Å². The van der Waals surface area contributed by atoms with E-state index in [1.165, 1.54) is 12.1 Å². The van der Waals surface area contributed by atoms with Crippen LogP contribution in [0, 0.1) is 5.82 Å². The van der Waals surface area contributed by atoms with Gasteiger partial charge in [0.25, 0.3) is 0 Å². The Bertz CT molecular complexity index is 815. The molecule has 0 N–H and O–H groups in total. The molecular formula is C17H17FN6S. The lowest BCUT2D eigenvalue weighted by atomic mass is 10.2. The summed E-state index contributed by atoms with van der Waals surface area (Å²) in [6.45, 7) is 3.51. The molecule has 0 bridgehead atoms. The van der Waals surface area contributed by atoms with E-state index >= 15 is 0 Å². The van der Waals surface area contributed by atoms with E-state index in [1.807, 2.05) is 12.1 Å². The highest BCUT2D eigenvalue weighted by Crippen LogP contribution is 2.24. The number of anilines is 2. The fraction of sp³-hybridized carbons (Fsp3) is 0.294. The molecular weight excluding hydrogens is 339 g/mol. The van der Waals surface area contributed by atoms with Crippen LogP contribution in [-0.2, 0) is 6.42 Å².